The molecule has 7 nitrogen and oxygen atoms in total. The molecule has 0 bridgehead atoms. The Balaban J connectivity index is 2.03. The predicted octanol–water partition coefficient (Wildman–Crippen LogP) is 2.48. The summed E-state index contributed by atoms with van der Waals surface area (Å²) < 4.78 is 25.2. The van der Waals surface area contributed by atoms with E-state index in [-0.39, 0.29) is 4.90 Å². The van der Waals surface area contributed by atoms with Crippen molar-refractivity contribution in [1.82, 2.24) is 9.73 Å². The number of amides is 2. The quantitative estimate of drug-likeness (QED) is 0.634. The average Bonchev–Trinajstić information content (AvgIpc) is 2.60. The number of carbonyl (C=O) groups is 1. The number of anilines is 1. The minimum Gasteiger partial charge on any atom is -0.307 e. The van der Waals surface area contributed by atoms with Gasteiger partial charge in [-0.1, -0.05) is 30.3 Å². The third kappa shape index (κ3) is 4.88. The molecule has 2 aromatic rings. The van der Waals surface area contributed by atoms with Gasteiger partial charge < -0.3 is 5.32 Å². The van der Waals surface area contributed by atoms with Crippen molar-refractivity contribution < 1.29 is 13.2 Å². The maximum Gasteiger partial charge on any atom is 0.339 e. The van der Waals surface area contributed by atoms with Crippen molar-refractivity contribution in [1.29, 1.82) is 0 Å². The maximum atomic E-state index is 12.0. The van der Waals surface area contributed by atoms with Crippen molar-refractivity contribution in [2.45, 2.75) is 11.8 Å². The summed E-state index contributed by atoms with van der Waals surface area (Å²) in [5, 5.41) is 6.66. The van der Waals surface area contributed by atoms with Gasteiger partial charge >= 0.3 is 6.03 Å². The van der Waals surface area contributed by atoms with E-state index in [0.717, 1.165) is 4.31 Å². The molecule has 2 aromatic carbocycles. The van der Waals surface area contributed by atoms with Crippen molar-refractivity contribution in [3.63, 3.8) is 0 Å². The Hall–Kier alpha value is -2.71. The minimum atomic E-state index is -3.47. The lowest BCUT2D eigenvalue weighted by molar-refractivity contribution is 0.252. The third-order valence-corrected chi connectivity index (χ3v) is 5.24. The molecular weight excluding hydrogens is 340 g/mol. The van der Waals surface area contributed by atoms with Gasteiger partial charge in [0.05, 0.1) is 10.6 Å². The number of sulfonamides is 1. The van der Waals surface area contributed by atoms with Crippen LogP contribution in [0, 0.1) is 0 Å². The molecule has 0 aliphatic rings. The molecule has 2 amide bonds. The standard InChI is InChI=1S/C17H20N4O3S/c1-13(19-20-17(22)18-15-7-5-4-6-8-15)14-9-11-16(12-10-14)25(23,24)21(2)3/h4-12H,1-3H3,(H2,18,20,22)/b19-13-. The molecule has 2 rings (SSSR count). The summed E-state index contributed by atoms with van der Waals surface area (Å²) in [7, 11) is -0.511. The number of hydrogen-bond donors (Lipinski definition) is 2. The monoisotopic (exact) mass is 360 g/mol. The molecule has 0 aliphatic carbocycles. The van der Waals surface area contributed by atoms with E-state index in [2.05, 4.69) is 15.8 Å². The second kappa shape index (κ2) is 7.91. The molecule has 0 radical (unpaired) electrons. The van der Waals surface area contributed by atoms with Crippen LogP contribution in [0.2, 0.25) is 0 Å². The maximum absolute atomic E-state index is 12.0. The Morgan fingerprint density at radius 1 is 1.00 bits per heavy atom. The highest BCUT2D eigenvalue weighted by Gasteiger charge is 2.16. The Kier molecular flexibility index (Phi) is 5.89. The van der Waals surface area contributed by atoms with Crippen molar-refractivity contribution in [3.8, 4) is 0 Å². The highest BCUT2D eigenvalue weighted by Crippen LogP contribution is 2.14. The van der Waals surface area contributed by atoms with Crippen LogP contribution in [-0.4, -0.2) is 38.6 Å². The fraction of sp³-hybridized carbons (Fsp3) is 0.176. The summed E-state index contributed by atoms with van der Waals surface area (Å²) in [6, 6.07) is 14.9. The number of carbonyl (C=O) groups excluding carboxylic acids is 1. The number of benzene rings is 2. The molecule has 0 saturated heterocycles. The Labute approximate surface area is 147 Å². The first kappa shape index (κ1) is 18.6. The molecule has 0 aliphatic heterocycles. The second-order valence-electron chi connectivity index (χ2n) is 5.44. The highest BCUT2D eigenvalue weighted by molar-refractivity contribution is 7.89. The Morgan fingerprint density at radius 3 is 2.16 bits per heavy atom. The summed E-state index contributed by atoms with van der Waals surface area (Å²) in [4.78, 5) is 12.0. The molecular formula is C17H20N4O3S. The van der Waals surface area contributed by atoms with Crippen LogP contribution in [0.1, 0.15) is 12.5 Å². The van der Waals surface area contributed by atoms with Crippen LogP contribution in [0.4, 0.5) is 10.5 Å². The molecule has 8 heteroatoms. The molecule has 0 atom stereocenters. The summed E-state index contributed by atoms with van der Waals surface area (Å²) >= 11 is 0. The van der Waals surface area contributed by atoms with Crippen molar-refractivity contribution in [2.75, 3.05) is 19.4 Å². The Bertz CT molecular complexity index is 861. The van der Waals surface area contributed by atoms with Crippen molar-refractivity contribution >= 4 is 27.5 Å². The van der Waals surface area contributed by atoms with Gasteiger partial charge in [-0.25, -0.2) is 22.9 Å². The number of hydrazone groups is 1. The van der Waals surface area contributed by atoms with Gasteiger partial charge in [0, 0.05) is 19.8 Å². The zero-order chi connectivity index (χ0) is 18.4. The van der Waals surface area contributed by atoms with E-state index in [4.69, 9.17) is 0 Å². The molecule has 0 heterocycles. The van der Waals surface area contributed by atoms with Gasteiger partial charge in [-0.05, 0) is 36.8 Å². The van der Waals surface area contributed by atoms with Crippen molar-refractivity contribution in [2.24, 2.45) is 5.10 Å². The number of urea groups is 1. The van der Waals surface area contributed by atoms with Gasteiger partial charge in [0.25, 0.3) is 0 Å². The SMILES string of the molecule is C/C(=N/NC(=O)Nc1ccccc1)c1ccc(S(=O)(=O)N(C)C)cc1. The van der Waals surface area contributed by atoms with Crippen LogP contribution in [0.5, 0.6) is 0 Å². The molecule has 0 saturated carbocycles. The number of rotatable bonds is 5. The number of hydrogen-bond acceptors (Lipinski definition) is 4. The summed E-state index contributed by atoms with van der Waals surface area (Å²) in [6.45, 7) is 1.72. The van der Waals surface area contributed by atoms with E-state index in [0.29, 0.717) is 17.0 Å². The largest absolute Gasteiger partial charge is 0.339 e. The Morgan fingerprint density at radius 2 is 1.60 bits per heavy atom. The van der Waals surface area contributed by atoms with Gasteiger partial charge in [-0.2, -0.15) is 5.10 Å². The minimum absolute atomic E-state index is 0.198. The van der Waals surface area contributed by atoms with E-state index in [1.54, 1.807) is 31.2 Å². The lowest BCUT2D eigenvalue weighted by atomic mass is 10.1. The van der Waals surface area contributed by atoms with Gasteiger partial charge in [-0.15, -0.1) is 0 Å². The molecule has 2 N–H and O–H groups in total. The van der Waals surface area contributed by atoms with Gasteiger partial charge in [-0.3, -0.25) is 0 Å². The predicted molar refractivity (Wildman–Crippen MR) is 98.1 cm³/mol. The van der Waals surface area contributed by atoms with Crippen LogP contribution >= 0.6 is 0 Å². The van der Waals surface area contributed by atoms with Gasteiger partial charge in [0.15, 0.2) is 0 Å². The zero-order valence-corrected chi connectivity index (χ0v) is 15.0. The van der Waals surface area contributed by atoms with E-state index < -0.39 is 16.1 Å². The second-order valence-corrected chi connectivity index (χ2v) is 7.59. The van der Waals surface area contributed by atoms with Crippen LogP contribution < -0.4 is 10.7 Å². The highest BCUT2D eigenvalue weighted by atomic mass is 32.2. The fourth-order valence-electron chi connectivity index (χ4n) is 1.96. The van der Waals surface area contributed by atoms with E-state index >= 15 is 0 Å². The normalized spacial score (nSPS) is 12.1. The van der Waals surface area contributed by atoms with E-state index in [1.807, 2.05) is 18.2 Å². The van der Waals surface area contributed by atoms with E-state index in [9.17, 15) is 13.2 Å². The van der Waals surface area contributed by atoms with Crippen molar-refractivity contribution in [3.05, 3.63) is 60.2 Å². The first-order valence-corrected chi connectivity index (χ1v) is 8.94. The molecule has 0 unspecified atom stereocenters. The zero-order valence-electron chi connectivity index (χ0n) is 14.2. The lowest BCUT2D eigenvalue weighted by Crippen LogP contribution is -2.25. The molecule has 0 spiro atoms. The third-order valence-electron chi connectivity index (χ3n) is 3.41. The van der Waals surface area contributed by atoms with E-state index in [1.165, 1.54) is 26.2 Å². The summed E-state index contributed by atoms with van der Waals surface area (Å²) in [5.74, 6) is 0. The number of nitrogens with zero attached hydrogens (tertiary/aromatic N) is 2. The first-order chi connectivity index (χ1) is 11.8. The van der Waals surface area contributed by atoms with Crippen LogP contribution in [-0.2, 0) is 10.0 Å². The molecule has 0 fully saturated rings. The number of nitrogens with one attached hydrogen (secondary N) is 2. The first-order valence-electron chi connectivity index (χ1n) is 7.50. The average molecular weight is 360 g/mol. The van der Waals surface area contributed by atoms with Crippen LogP contribution in [0.15, 0.2) is 64.6 Å². The van der Waals surface area contributed by atoms with Gasteiger partial charge in [0.2, 0.25) is 10.0 Å². The summed E-state index contributed by atoms with van der Waals surface area (Å²) in [5.41, 5.74) is 4.32. The molecule has 25 heavy (non-hydrogen) atoms. The smallest absolute Gasteiger partial charge is 0.307 e. The van der Waals surface area contributed by atoms with Crippen LogP contribution in [0.25, 0.3) is 0 Å². The summed E-state index contributed by atoms with van der Waals surface area (Å²) in [6.07, 6.45) is 0. The lowest BCUT2D eigenvalue weighted by Gasteiger charge is -2.11. The molecule has 0 aromatic heterocycles. The number of para-hydroxylation sites is 1. The molecule has 132 valence electrons. The van der Waals surface area contributed by atoms with Gasteiger partial charge in [0.1, 0.15) is 0 Å². The fourth-order valence-corrected chi connectivity index (χ4v) is 2.86. The van der Waals surface area contributed by atoms with Crippen LogP contribution in [0.3, 0.4) is 0 Å². The topological polar surface area (TPSA) is 90.9 Å².